The number of aromatic amines is 1. The molecule has 3 aromatic rings. The lowest BCUT2D eigenvalue weighted by Gasteiger charge is -2.06. The molecule has 0 spiro atoms. The van der Waals surface area contributed by atoms with E-state index in [1.165, 1.54) is 10.8 Å². The highest BCUT2D eigenvalue weighted by Gasteiger charge is 2.23. The number of aromatic nitrogens is 1. The van der Waals surface area contributed by atoms with Gasteiger partial charge in [0.15, 0.2) is 11.6 Å². The van der Waals surface area contributed by atoms with Crippen LogP contribution in [-0.2, 0) is 14.8 Å². The summed E-state index contributed by atoms with van der Waals surface area (Å²) in [5.74, 6) is -6.47. The van der Waals surface area contributed by atoms with Crippen LogP contribution in [0.2, 0.25) is 0 Å². The zero-order valence-corrected chi connectivity index (χ0v) is 15.0. The van der Waals surface area contributed by atoms with Gasteiger partial charge in [-0.15, -0.1) is 0 Å². The molecular formula is C18H12F4N2O3S. The summed E-state index contributed by atoms with van der Waals surface area (Å²) in [7, 11) is -4.79. The Balaban J connectivity index is 1.87. The molecule has 0 saturated carbocycles. The number of hydrogen-bond donors (Lipinski definition) is 2. The second-order valence-corrected chi connectivity index (χ2v) is 7.54. The number of aryl methyl sites for hydroxylation is 1. The number of H-pyrrole nitrogens is 1. The molecule has 0 aliphatic carbocycles. The van der Waals surface area contributed by atoms with Crippen molar-refractivity contribution in [2.45, 2.75) is 11.8 Å². The normalized spacial score (nSPS) is 12.0. The monoisotopic (exact) mass is 412 g/mol. The minimum atomic E-state index is -4.79. The van der Waals surface area contributed by atoms with E-state index in [0.29, 0.717) is 10.9 Å². The first kappa shape index (κ1) is 19.6. The van der Waals surface area contributed by atoms with Crippen LogP contribution in [0.15, 0.2) is 41.4 Å². The number of benzene rings is 2. The third kappa shape index (κ3) is 3.77. The van der Waals surface area contributed by atoms with Gasteiger partial charge in [-0.25, -0.2) is 30.7 Å². The molecule has 10 heteroatoms. The number of amides is 1. The fraction of sp³-hybridized carbons (Fsp3) is 0.0556. The lowest BCUT2D eigenvalue weighted by atomic mass is 10.1. The quantitative estimate of drug-likeness (QED) is 0.391. The molecule has 0 unspecified atom stereocenters. The summed E-state index contributed by atoms with van der Waals surface area (Å²) in [4.78, 5) is 13.6. The van der Waals surface area contributed by atoms with Crippen molar-refractivity contribution < 1.29 is 30.8 Å². The molecule has 2 N–H and O–H groups in total. The summed E-state index contributed by atoms with van der Waals surface area (Å²) < 4.78 is 79.1. The van der Waals surface area contributed by atoms with Gasteiger partial charge in [-0.1, -0.05) is 0 Å². The van der Waals surface area contributed by atoms with E-state index in [9.17, 15) is 30.8 Å². The average Bonchev–Trinajstić information content (AvgIpc) is 2.96. The maximum atomic E-state index is 13.7. The predicted molar refractivity (Wildman–Crippen MR) is 93.7 cm³/mol. The number of nitrogens with one attached hydrogen (secondary N) is 2. The molecule has 0 aliphatic heterocycles. The van der Waals surface area contributed by atoms with Crippen LogP contribution < -0.4 is 4.72 Å². The maximum absolute atomic E-state index is 13.7. The number of sulfonamides is 1. The molecule has 0 fully saturated rings. The topological polar surface area (TPSA) is 79.0 Å². The molecule has 28 heavy (non-hydrogen) atoms. The van der Waals surface area contributed by atoms with Crippen LogP contribution >= 0.6 is 0 Å². The van der Waals surface area contributed by atoms with Gasteiger partial charge < -0.3 is 4.98 Å². The van der Waals surface area contributed by atoms with E-state index in [0.717, 1.165) is 23.8 Å². The first-order valence-corrected chi connectivity index (χ1v) is 9.23. The molecule has 5 nitrogen and oxygen atoms in total. The molecule has 0 aliphatic rings. The van der Waals surface area contributed by atoms with E-state index >= 15 is 0 Å². The zero-order valence-electron chi connectivity index (χ0n) is 14.2. The summed E-state index contributed by atoms with van der Waals surface area (Å²) in [6, 6.07) is 2.61. The van der Waals surface area contributed by atoms with Crippen molar-refractivity contribution in [2.24, 2.45) is 0 Å². The molecule has 1 aromatic heterocycles. The summed E-state index contributed by atoms with van der Waals surface area (Å²) in [6.07, 6.45) is 3.59. The molecule has 0 radical (unpaired) electrons. The van der Waals surface area contributed by atoms with Gasteiger partial charge in [0.1, 0.15) is 16.5 Å². The molecule has 0 saturated heterocycles. The van der Waals surface area contributed by atoms with Crippen molar-refractivity contribution in [3.05, 3.63) is 70.9 Å². The number of rotatable bonds is 4. The highest BCUT2D eigenvalue weighted by atomic mass is 32.2. The van der Waals surface area contributed by atoms with Gasteiger partial charge in [-0.3, -0.25) is 4.79 Å². The zero-order chi connectivity index (χ0) is 20.6. The van der Waals surface area contributed by atoms with Crippen molar-refractivity contribution in [1.29, 1.82) is 0 Å². The summed E-state index contributed by atoms with van der Waals surface area (Å²) in [5, 5.41) is 0.580. The third-order valence-electron chi connectivity index (χ3n) is 3.91. The van der Waals surface area contributed by atoms with E-state index in [4.69, 9.17) is 0 Å². The first-order valence-electron chi connectivity index (χ1n) is 7.75. The van der Waals surface area contributed by atoms with Gasteiger partial charge >= 0.3 is 0 Å². The molecule has 0 bridgehead atoms. The van der Waals surface area contributed by atoms with E-state index < -0.39 is 44.1 Å². The Labute approximate surface area is 156 Å². The van der Waals surface area contributed by atoms with Crippen molar-refractivity contribution in [3.63, 3.8) is 0 Å². The number of fused-ring (bicyclic) bond motifs is 1. The predicted octanol–water partition coefficient (Wildman–Crippen LogP) is 3.55. The minimum Gasteiger partial charge on any atom is -0.360 e. The van der Waals surface area contributed by atoms with Crippen molar-refractivity contribution >= 4 is 32.9 Å². The Morgan fingerprint density at radius 2 is 1.71 bits per heavy atom. The number of hydrogen-bond acceptors (Lipinski definition) is 3. The summed E-state index contributed by atoms with van der Waals surface area (Å²) in [5.41, 5.74) is 1.57. The first-order chi connectivity index (χ1) is 13.1. The molecule has 2 aromatic carbocycles. The van der Waals surface area contributed by atoms with Crippen molar-refractivity contribution in [1.82, 2.24) is 9.71 Å². The lowest BCUT2D eigenvalue weighted by molar-refractivity contribution is -0.114. The molecule has 3 rings (SSSR count). The molecule has 0 atom stereocenters. The smallest absolute Gasteiger partial charge is 0.267 e. The highest BCUT2D eigenvalue weighted by molar-refractivity contribution is 7.90. The van der Waals surface area contributed by atoms with Crippen LogP contribution in [0.3, 0.4) is 0 Å². The Kier molecular flexibility index (Phi) is 4.99. The summed E-state index contributed by atoms with van der Waals surface area (Å²) in [6.45, 7) is 1.75. The largest absolute Gasteiger partial charge is 0.360 e. The van der Waals surface area contributed by atoms with E-state index in [1.807, 2.05) is 0 Å². The lowest BCUT2D eigenvalue weighted by Crippen LogP contribution is -2.29. The van der Waals surface area contributed by atoms with Crippen LogP contribution in [0.25, 0.3) is 17.0 Å². The molecule has 1 amide bonds. The fourth-order valence-electron chi connectivity index (χ4n) is 2.59. The minimum absolute atomic E-state index is 0.0568. The van der Waals surface area contributed by atoms with Gasteiger partial charge in [0.2, 0.25) is 0 Å². The van der Waals surface area contributed by atoms with E-state index in [1.54, 1.807) is 13.1 Å². The molecule has 146 valence electrons. The van der Waals surface area contributed by atoms with Crippen LogP contribution in [-0.4, -0.2) is 19.3 Å². The third-order valence-corrected chi connectivity index (χ3v) is 5.27. The van der Waals surface area contributed by atoms with Gasteiger partial charge in [0.25, 0.3) is 15.9 Å². The van der Waals surface area contributed by atoms with Gasteiger partial charge in [-0.05, 0) is 30.7 Å². The number of halogens is 4. The maximum Gasteiger partial charge on any atom is 0.267 e. The Bertz CT molecular complexity index is 1230. The highest BCUT2D eigenvalue weighted by Crippen LogP contribution is 2.24. The fourth-order valence-corrected chi connectivity index (χ4v) is 3.60. The van der Waals surface area contributed by atoms with Gasteiger partial charge in [-0.2, -0.15) is 0 Å². The molecule has 1 heterocycles. The van der Waals surface area contributed by atoms with Crippen molar-refractivity contribution in [3.8, 4) is 0 Å². The average molecular weight is 412 g/mol. The Morgan fingerprint density at radius 1 is 1.04 bits per heavy atom. The second kappa shape index (κ2) is 7.12. The number of carbonyl (C=O) groups is 1. The van der Waals surface area contributed by atoms with Gasteiger partial charge in [0, 0.05) is 35.4 Å². The van der Waals surface area contributed by atoms with Crippen LogP contribution in [0.5, 0.6) is 0 Å². The van der Waals surface area contributed by atoms with E-state index in [-0.39, 0.29) is 17.7 Å². The Hall–Kier alpha value is -3.14. The van der Waals surface area contributed by atoms with Crippen LogP contribution in [0, 0.1) is 30.2 Å². The standard InChI is InChI=1S/C18H12F4N2O3S/c1-9-8-23-18-10(4-11(19)5-12(9)18)2-3-17(25)24-28(26,27)16-7-14(21)13(20)6-15(16)22/h2-8,23H,1H3,(H,24,25)/b3-2+. The second-order valence-electron chi connectivity index (χ2n) is 5.89. The van der Waals surface area contributed by atoms with Crippen LogP contribution in [0.4, 0.5) is 17.6 Å². The van der Waals surface area contributed by atoms with Crippen LogP contribution in [0.1, 0.15) is 11.1 Å². The Morgan fingerprint density at radius 3 is 2.43 bits per heavy atom. The number of carbonyl (C=O) groups excluding carboxylic acids is 1. The van der Waals surface area contributed by atoms with Crippen molar-refractivity contribution in [2.75, 3.05) is 0 Å². The van der Waals surface area contributed by atoms with E-state index in [2.05, 4.69) is 4.98 Å². The molecular weight excluding hydrogens is 400 g/mol. The van der Waals surface area contributed by atoms with Gasteiger partial charge in [0.05, 0.1) is 5.52 Å². The summed E-state index contributed by atoms with van der Waals surface area (Å²) >= 11 is 0. The SMILES string of the molecule is Cc1c[nH]c2c(/C=C/C(=O)NS(=O)(=O)c3cc(F)c(F)cc3F)cc(F)cc12.